The topological polar surface area (TPSA) is 29.1 Å². The molecule has 0 atom stereocenters. The fraction of sp³-hybridized carbons (Fsp3) is 0.133. The minimum atomic E-state index is -4.49. The number of rotatable bonds is 3. The molecular weight excluding hydrogens is 305 g/mol. The molecule has 0 aliphatic rings. The van der Waals surface area contributed by atoms with Gasteiger partial charge in [-0.2, -0.15) is 13.2 Å². The van der Waals surface area contributed by atoms with Gasteiger partial charge < -0.3 is 5.32 Å². The smallest absolute Gasteiger partial charge is 0.326 e. The van der Waals surface area contributed by atoms with E-state index in [4.69, 9.17) is 0 Å². The van der Waals surface area contributed by atoms with Gasteiger partial charge in [-0.25, -0.2) is 8.78 Å². The molecule has 7 heteroatoms. The van der Waals surface area contributed by atoms with Gasteiger partial charge >= 0.3 is 6.18 Å². The summed E-state index contributed by atoms with van der Waals surface area (Å²) in [6.07, 6.45) is -4.81. The predicted molar refractivity (Wildman–Crippen MR) is 70.1 cm³/mol. The number of carbonyl (C=O) groups excluding carboxylic acids is 1. The van der Waals surface area contributed by atoms with Crippen LogP contribution in [0.2, 0.25) is 0 Å². The first-order chi connectivity index (χ1) is 10.3. The third-order valence-corrected chi connectivity index (χ3v) is 2.82. The third kappa shape index (κ3) is 4.03. The number of nitrogens with one attached hydrogen (secondary N) is 1. The van der Waals surface area contributed by atoms with Crippen LogP contribution in [0.3, 0.4) is 0 Å². The van der Waals surface area contributed by atoms with Gasteiger partial charge in [-0.1, -0.05) is 18.2 Å². The maximum Gasteiger partial charge on any atom is 0.416 e. The number of amides is 1. The molecule has 0 unspecified atom stereocenters. The summed E-state index contributed by atoms with van der Waals surface area (Å²) < 4.78 is 63.4. The van der Waals surface area contributed by atoms with Crippen molar-refractivity contribution in [2.24, 2.45) is 0 Å². The highest BCUT2D eigenvalue weighted by atomic mass is 19.4. The lowest BCUT2D eigenvalue weighted by Crippen LogP contribution is -2.15. The van der Waals surface area contributed by atoms with Crippen LogP contribution < -0.4 is 5.32 Å². The first-order valence-electron chi connectivity index (χ1n) is 6.17. The van der Waals surface area contributed by atoms with Crippen LogP contribution >= 0.6 is 0 Å². The highest BCUT2D eigenvalue weighted by Gasteiger charge is 2.30. The lowest BCUT2D eigenvalue weighted by molar-refractivity contribution is -0.137. The van der Waals surface area contributed by atoms with Crippen LogP contribution in [0.1, 0.15) is 11.1 Å². The van der Waals surface area contributed by atoms with Crippen molar-refractivity contribution in [3.8, 4) is 0 Å². The second kappa shape index (κ2) is 6.13. The van der Waals surface area contributed by atoms with E-state index in [0.29, 0.717) is 0 Å². The molecule has 116 valence electrons. The van der Waals surface area contributed by atoms with Gasteiger partial charge in [0.1, 0.15) is 0 Å². The average Bonchev–Trinajstić information content (AvgIpc) is 2.42. The highest BCUT2D eigenvalue weighted by Crippen LogP contribution is 2.29. The van der Waals surface area contributed by atoms with E-state index in [1.54, 1.807) is 0 Å². The van der Waals surface area contributed by atoms with Crippen molar-refractivity contribution in [3.63, 3.8) is 0 Å². The molecule has 0 heterocycles. The van der Waals surface area contributed by atoms with E-state index < -0.39 is 29.3 Å². The van der Waals surface area contributed by atoms with E-state index >= 15 is 0 Å². The molecule has 0 radical (unpaired) electrons. The third-order valence-electron chi connectivity index (χ3n) is 2.82. The van der Waals surface area contributed by atoms with Crippen LogP contribution in [0.25, 0.3) is 0 Å². The van der Waals surface area contributed by atoms with Gasteiger partial charge in [0, 0.05) is 11.8 Å². The minimum absolute atomic E-state index is 0.0240. The monoisotopic (exact) mass is 315 g/mol. The second-order valence-corrected chi connectivity index (χ2v) is 4.55. The molecule has 0 aliphatic carbocycles. The van der Waals surface area contributed by atoms with Crippen LogP contribution in [-0.4, -0.2) is 5.91 Å². The molecule has 1 N–H and O–H groups in total. The van der Waals surface area contributed by atoms with Gasteiger partial charge in [0.15, 0.2) is 11.6 Å². The van der Waals surface area contributed by atoms with Crippen molar-refractivity contribution in [1.29, 1.82) is 0 Å². The molecule has 0 aromatic heterocycles. The Morgan fingerprint density at radius 3 is 2.36 bits per heavy atom. The lowest BCUT2D eigenvalue weighted by Gasteiger charge is -2.09. The highest BCUT2D eigenvalue weighted by molar-refractivity contribution is 5.92. The van der Waals surface area contributed by atoms with E-state index in [0.717, 1.165) is 30.3 Å². The zero-order valence-corrected chi connectivity index (χ0v) is 11.0. The Labute approximate surface area is 122 Å². The molecule has 0 spiro atoms. The van der Waals surface area contributed by atoms with Gasteiger partial charge in [0.25, 0.3) is 0 Å². The summed E-state index contributed by atoms with van der Waals surface area (Å²) in [6, 6.07) is 7.13. The van der Waals surface area contributed by atoms with Gasteiger partial charge in [-0.15, -0.1) is 0 Å². The fourth-order valence-corrected chi connectivity index (χ4v) is 1.82. The number of halogens is 5. The molecule has 22 heavy (non-hydrogen) atoms. The van der Waals surface area contributed by atoms with E-state index in [9.17, 15) is 26.7 Å². The number of hydrogen-bond acceptors (Lipinski definition) is 1. The Morgan fingerprint density at radius 2 is 1.73 bits per heavy atom. The quantitative estimate of drug-likeness (QED) is 0.847. The Balaban J connectivity index is 2.07. The van der Waals surface area contributed by atoms with Crippen molar-refractivity contribution in [2.45, 2.75) is 12.6 Å². The molecule has 1 amide bonds. The van der Waals surface area contributed by atoms with E-state index in [1.165, 1.54) is 12.1 Å². The van der Waals surface area contributed by atoms with Crippen LogP contribution in [0.4, 0.5) is 27.6 Å². The first-order valence-corrected chi connectivity index (χ1v) is 6.17. The molecule has 0 aliphatic heterocycles. The standard InChI is InChI=1S/C15H10F5NO/c16-12-5-4-11(8-13(12)17)21-14(22)7-9-2-1-3-10(6-9)15(18,19)20/h1-6,8H,7H2,(H,21,22). The lowest BCUT2D eigenvalue weighted by atomic mass is 10.1. The predicted octanol–water partition coefficient (Wildman–Crippen LogP) is 4.16. The van der Waals surface area contributed by atoms with Gasteiger partial charge in [0.2, 0.25) is 5.91 Å². The number of anilines is 1. The summed E-state index contributed by atoms with van der Waals surface area (Å²) in [5.74, 6) is -2.82. The van der Waals surface area contributed by atoms with Crippen LogP contribution in [0, 0.1) is 11.6 Å². The Bertz CT molecular complexity index is 697. The summed E-state index contributed by atoms with van der Waals surface area (Å²) in [7, 11) is 0. The molecule has 0 fully saturated rings. The summed E-state index contributed by atoms with van der Waals surface area (Å²) in [5.41, 5.74) is -0.670. The normalized spacial score (nSPS) is 11.3. The van der Waals surface area contributed by atoms with Crippen LogP contribution in [0.5, 0.6) is 0 Å². The molecule has 2 nitrogen and oxygen atoms in total. The fourth-order valence-electron chi connectivity index (χ4n) is 1.82. The molecule has 0 saturated heterocycles. The number of hydrogen-bond donors (Lipinski definition) is 1. The van der Waals surface area contributed by atoms with Crippen molar-refractivity contribution in [2.75, 3.05) is 5.32 Å². The zero-order chi connectivity index (χ0) is 16.3. The number of alkyl halides is 3. The Kier molecular flexibility index (Phi) is 4.44. The minimum Gasteiger partial charge on any atom is -0.326 e. The summed E-state index contributed by atoms with van der Waals surface area (Å²) in [4.78, 5) is 11.7. The van der Waals surface area contributed by atoms with Crippen molar-refractivity contribution < 1.29 is 26.7 Å². The Hall–Kier alpha value is -2.44. The van der Waals surface area contributed by atoms with E-state index in [-0.39, 0.29) is 17.7 Å². The maximum atomic E-state index is 13.0. The first kappa shape index (κ1) is 15.9. The van der Waals surface area contributed by atoms with Crippen LogP contribution in [-0.2, 0) is 17.4 Å². The van der Waals surface area contributed by atoms with Gasteiger partial charge in [0.05, 0.1) is 12.0 Å². The van der Waals surface area contributed by atoms with Crippen molar-refractivity contribution in [1.82, 2.24) is 0 Å². The van der Waals surface area contributed by atoms with Gasteiger partial charge in [-0.3, -0.25) is 4.79 Å². The molecule has 2 rings (SSSR count). The van der Waals surface area contributed by atoms with E-state index in [1.807, 2.05) is 0 Å². The number of carbonyl (C=O) groups is 1. The molecule has 0 saturated carbocycles. The summed E-state index contributed by atoms with van der Waals surface area (Å²) in [6.45, 7) is 0. The SMILES string of the molecule is O=C(Cc1cccc(C(F)(F)F)c1)Nc1ccc(F)c(F)c1. The van der Waals surface area contributed by atoms with E-state index in [2.05, 4.69) is 5.32 Å². The molecular formula is C15H10F5NO. The van der Waals surface area contributed by atoms with Crippen molar-refractivity contribution >= 4 is 11.6 Å². The Morgan fingerprint density at radius 1 is 1.00 bits per heavy atom. The second-order valence-electron chi connectivity index (χ2n) is 4.55. The molecule has 2 aromatic rings. The van der Waals surface area contributed by atoms with Crippen LogP contribution in [0.15, 0.2) is 42.5 Å². The summed E-state index contributed by atoms with van der Waals surface area (Å²) in [5, 5.41) is 2.29. The maximum absolute atomic E-state index is 13.0. The van der Waals surface area contributed by atoms with Gasteiger partial charge in [-0.05, 0) is 23.8 Å². The largest absolute Gasteiger partial charge is 0.416 e. The zero-order valence-electron chi connectivity index (χ0n) is 11.0. The summed E-state index contributed by atoms with van der Waals surface area (Å²) >= 11 is 0. The molecule has 0 bridgehead atoms. The number of benzene rings is 2. The average molecular weight is 315 g/mol. The molecule has 2 aromatic carbocycles. The van der Waals surface area contributed by atoms with Crippen molar-refractivity contribution in [3.05, 3.63) is 65.2 Å².